The predicted octanol–water partition coefficient (Wildman–Crippen LogP) is 6.52. The first-order valence-corrected chi connectivity index (χ1v) is 11.9. The highest BCUT2D eigenvalue weighted by molar-refractivity contribution is 7.99. The number of carboxylic acids is 1. The average molecular weight is 474 g/mol. The molecule has 0 atom stereocenters. The number of carboxylic acid groups (broad SMARTS) is 1. The fourth-order valence-corrected chi connectivity index (χ4v) is 3.87. The molecule has 6 nitrogen and oxygen atoms in total. The molecule has 7 heteroatoms. The first-order valence-electron chi connectivity index (χ1n) is 10.9. The van der Waals surface area contributed by atoms with E-state index in [1.165, 1.54) is 0 Å². The van der Waals surface area contributed by atoms with Crippen LogP contribution in [-0.2, 0) is 21.8 Å². The summed E-state index contributed by atoms with van der Waals surface area (Å²) in [7, 11) is 1.54. The lowest BCUT2D eigenvalue weighted by molar-refractivity contribution is -0.136. The molecular formula is C26H35NO5S. The summed E-state index contributed by atoms with van der Waals surface area (Å²) in [5.41, 5.74) is 2.16. The van der Waals surface area contributed by atoms with Crippen molar-refractivity contribution in [3.05, 3.63) is 47.5 Å². The molecule has 0 aliphatic rings. The largest absolute Gasteiger partial charge is 0.493 e. The van der Waals surface area contributed by atoms with Gasteiger partial charge in [0.15, 0.2) is 11.5 Å². The van der Waals surface area contributed by atoms with Gasteiger partial charge in [-0.05, 0) is 41.3 Å². The minimum absolute atomic E-state index is 0.0337. The number of carbonyl (C=O) groups is 2. The van der Waals surface area contributed by atoms with Gasteiger partial charge in [-0.2, -0.15) is 11.8 Å². The lowest BCUT2D eigenvalue weighted by atomic mass is 9.92. The number of nitrogens with one attached hydrogen (secondary N) is 1. The Morgan fingerprint density at radius 2 is 1.64 bits per heavy atom. The van der Waals surface area contributed by atoms with Crippen molar-refractivity contribution in [3.8, 4) is 17.2 Å². The van der Waals surface area contributed by atoms with Crippen molar-refractivity contribution < 1.29 is 24.2 Å². The highest BCUT2D eigenvalue weighted by Crippen LogP contribution is 2.38. The maximum atomic E-state index is 12.4. The van der Waals surface area contributed by atoms with Gasteiger partial charge in [0.05, 0.1) is 13.5 Å². The first-order chi connectivity index (χ1) is 15.3. The van der Waals surface area contributed by atoms with Gasteiger partial charge in [0.25, 0.3) is 0 Å². The highest BCUT2D eigenvalue weighted by Gasteiger charge is 2.18. The molecule has 2 aromatic carbocycles. The summed E-state index contributed by atoms with van der Waals surface area (Å²) in [5, 5.41) is 12.1. The number of anilines is 1. The monoisotopic (exact) mass is 473 g/mol. The number of thioether (sulfide) groups is 1. The number of hydrogen-bond acceptors (Lipinski definition) is 5. The molecule has 0 aromatic heterocycles. The van der Waals surface area contributed by atoms with E-state index in [9.17, 15) is 9.59 Å². The van der Waals surface area contributed by atoms with Crippen LogP contribution in [0.4, 0.5) is 5.69 Å². The van der Waals surface area contributed by atoms with Gasteiger partial charge in [-0.1, -0.05) is 47.6 Å². The molecule has 180 valence electrons. The Labute approximate surface area is 201 Å². The van der Waals surface area contributed by atoms with Crippen LogP contribution in [0.5, 0.6) is 17.2 Å². The van der Waals surface area contributed by atoms with Crippen LogP contribution in [0.25, 0.3) is 0 Å². The second-order valence-corrected chi connectivity index (χ2v) is 12.0. The van der Waals surface area contributed by atoms with Crippen molar-refractivity contribution in [2.75, 3.05) is 12.4 Å². The van der Waals surface area contributed by atoms with Crippen LogP contribution >= 0.6 is 11.8 Å². The smallest absolute Gasteiger partial charge is 0.307 e. The molecule has 2 aromatic rings. The van der Waals surface area contributed by atoms with Gasteiger partial charge < -0.3 is 19.9 Å². The molecule has 0 aliphatic carbocycles. The van der Waals surface area contributed by atoms with Gasteiger partial charge in [0.1, 0.15) is 5.75 Å². The molecular weight excluding hydrogens is 438 g/mol. The Balaban J connectivity index is 2.36. The average Bonchev–Trinajstić information content (AvgIpc) is 2.65. The van der Waals surface area contributed by atoms with Gasteiger partial charge in [-0.15, -0.1) is 0 Å². The van der Waals surface area contributed by atoms with E-state index >= 15 is 0 Å². The van der Waals surface area contributed by atoms with Crippen molar-refractivity contribution in [1.29, 1.82) is 0 Å². The standard InChI is InChI=1S/C26H35NO5S/c1-25(2,3)15-23(28)27-19-9-11-20(18(14-19)16-33-26(4,5)6)32-22-12-17(13-24(29)30)8-10-21(22)31-7/h8-12,14H,13,15-16H2,1-7H3,(H,27,28)(H,29,30). The minimum Gasteiger partial charge on any atom is -0.493 e. The molecule has 0 spiro atoms. The summed E-state index contributed by atoms with van der Waals surface area (Å²) in [5.74, 6) is 1.33. The zero-order valence-corrected chi connectivity index (χ0v) is 21.4. The maximum absolute atomic E-state index is 12.4. The van der Waals surface area contributed by atoms with E-state index in [4.69, 9.17) is 14.6 Å². The number of amides is 1. The lowest BCUT2D eigenvalue weighted by Crippen LogP contribution is -2.19. The summed E-state index contributed by atoms with van der Waals surface area (Å²) in [6.45, 7) is 12.5. The Morgan fingerprint density at radius 1 is 0.970 bits per heavy atom. The van der Waals surface area contributed by atoms with Gasteiger partial charge in [0.2, 0.25) is 5.91 Å². The summed E-state index contributed by atoms with van der Waals surface area (Å²) >= 11 is 1.77. The van der Waals surface area contributed by atoms with E-state index in [1.54, 1.807) is 37.1 Å². The van der Waals surface area contributed by atoms with Crippen LogP contribution in [0.15, 0.2) is 36.4 Å². The van der Waals surface area contributed by atoms with Crippen LogP contribution in [0.1, 0.15) is 59.1 Å². The fourth-order valence-electron chi connectivity index (χ4n) is 3.05. The molecule has 0 aliphatic heterocycles. The number of rotatable bonds is 9. The zero-order valence-electron chi connectivity index (χ0n) is 20.6. The molecule has 0 saturated carbocycles. The number of methoxy groups -OCH3 is 1. The van der Waals surface area contributed by atoms with Crippen LogP contribution in [0.2, 0.25) is 0 Å². The third kappa shape index (κ3) is 9.38. The van der Waals surface area contributed by atoms with E-state index in [0.717, 1.165) is 5.56 Å². The van der Waals surface area contributed by atoms with E-state index in [1.807, 2.05) is 39.0 Å². The number of hydrogen-bond donors (Lipinski definition) is 2. The predicted molar refractivity (Wildman–Crippen MR) is 135 cm³/mol. The normalized spacial score (nSPS) is 11.7. The summed E-state index contributed by atoms with van der Waals surface area (Å²) in [4.78, 5) is 23.6. The maximum Gasteiger partial charge on any atom is 0.307 e. The number of aliphatic carboxylic acids is 1. The van der Waals surface area contributed by atoms with Crippen molar-refractivity contribution in [1.82, 2.24) is 0 Å². The molecule has 0 unspecified atom stereocenters. The van der Waals surface area contributed by atoms with Crippen molar-refractivity contribution in [2.45, 2.75) is 64.9 Å². The van der Waals surface area contributed by atoms with Crippen LogP contribution < -0.4 is 14.8 Å². The molecule has 0 bridgehead atoms. The summed E-state index contributed by atoms with van der Waals surface area (Å²) in [6, 6.07) is 10.7. The molecule has 2 N–H and O–H groups in total. The topological polar surface area (TPSA) is 84.9 Å². The van der Waals surface area contributed by atoms with Crippen LogP contribution in [0, 0.1) is 5.41 Å². The molecule has 0 heterocycles. The van der Waals surface area contributed by atoms with Crippen LogP contribution in [-0.4, -0.2) is 28.8 Å². The highest BCUT2D eigenvalue weighted by atomic mass is 32.2. The van der Waals surface area contributed by atoms with E-state index in [-0.39, 0.29) is 22.5 Å². The Hall–Kier alpha value is -2.67. The molecule has 33 heavy (non-hydrogen) atoms. The zero-order chi connectivity index (χ0) is 24.8. The lowest BCUT2D eigenvalue weighted by Gasteiger charge is -2.21. The van der Waals surface area contributed by atoms with Gasteiger partial charge >= 0.3 is 5.97 Å². The summed E-state index contributed by atoms with van der Waals surface area (Å²) < 4.78 is 11.7. The molecule has 0 fully saturated rings. The quantitative estimate of drug-likeness (QED) is 0.431. The third-order valence-electron chi connectivity index (χ3n) is 4.50. The fraction of sp³-hybridized carbons (Fsp3) is 0.462. The van der Waals surface area contributed by atoms with Crippen molar-refractivity contribution >= 4 is 29.3 Å². The first kappa shape index (κ1) is 26.6. The Bertz CT molecular complexity index is 989. The van der Waals surface area contributed by atoms with Crippen LogP contribution in [0.3, 0.4) is 0 Å². The van der Waals surface area contributed by atoms with Crippen molar-refractivity contribution in [3.63, 3.8) is 0 Å². The summed E-state index contributed by atoms with van der Waals surface area (Å²) in [6.07, 6.45) is 0.316. The number of benzene rings is 2. The van der Waals surface area contributed by atoms with Gasteiger partial charge in [-0.3, -0.25) is 9.59 Å². The van der Waals surface area contributed by atoms with Gasteiger partial charge in [0, 0.05) is 28.2 Å². The molecule has 0 radical (unpaired) electrons. The Morgan fingerprint density at radius 3 is 2.21 bits per heavy atom. The molecule has 0 saturated heterocycles. The van der Waals surface area contributed by atoms with E-state index in [2.05, 4.69) is 26.1 Å². The van der Waals surface area contributed by atoms with Gasteiger partial charge in [-0.25, -0.2) is 0 Å². The third-order valence-corrected chi connectivity index (χ3v) is 5.82. The second-order valence-electron chi connectivity index (χ2n) is 10.2. The minimum atomic E-state index is -0.913. The van der Waals surface area contributed by atoms with Crippen molar-refractivity contribution in [2.24, 2.45) is 5.41 Å². The number of ether oxygens (including phenoxy) is 2. The number of carbonyl (C=O) groups excluding carboxylic acids is 1. The molecule has 2 rings (SSSR count). The molecule has 1 amide bonds. The SMILES string of the molecule is COc1ccc(CC(=O)O)cc1Oc1ccc(NC(=O)CC(C)(C)C)cc1CSC(C)(C)C. The Kier molecular flexibility index (Phi) is 8.83. The van der Waals surface area contributed by atoms with E-state index in [0.29, 0.717) is 40.7 Å². The van der Waals surface area contributed by atoms with E-state index < -0.39 is 5.97 Å². The second kappa shape index (κ2) is 11.0.